The summed E-state index contributed by atoms with van der Waals surface area (Å²) < 4.78 is 44.6. The Bertz CT molecular complexity index is 1090. The van der Waals surface area contributed by atoms with Gasteiger partial charge in [-0.1, -0.05) is 12.1 Å². The van der Waals surface area contributed by atoms with Crippen molar-refractivity contribution in [3.8, 4) is 11.3 Å². The van der Waals surface area contributed by atoms with Crippen LogP contribution in [0.1, 0.15) is 22.8 Å². The van der Waals surface area contributed by atoms with Gasteiger partial charge in [-0.15, -0.1) is 0 Å². The number of nitrogens with zero attached hydrogens (tertiary/aromatic N) is 1. The first-order valence-corrected chi connectivity index (χ1v) is 8.57. The number of pyridine rings is 2. The molecule has 1 N–H and O–H groups in total. The summed E-state index contributed by atoms with van der Waals surface area (Å²) in [6.45, 7) is 1.57. The van der Waals surface area contributed by atoms with Crippen LogP contribution in [0.2, 0.25) is 0 Å². The number of esters is 1. The van der Waals surface area contributed by atoms with Crippen molar-refractivity contribution in [1.82, 2.24) is 9.97 Å². The second-order valence-electron chi connectivity index (χ2n) is 5.55. The summed E-state index contributed by atoms with van der Waals surface area (Å²) in [4.78, 5) is 32.0. The first kappa shape index (κ1) is 19.1. The molecule has 2 aromatic heterocycles. The number of rotatable bonds is 3. The number of halogens is 4. The lowest BCUT2D eigenvalue weighted by atomic mass is 10.0. The predicted molar refractivity (Wildman–Crippen MR) is 96.5 cm³/mol. The van der Waals surface area contributed by atoms with Gasteiger partial charge in [0.1, 0.15) is 5.56 Å². The number of ether oxygens (including phenoxy) is 1. The van der Waals surface area contributed by atoms with Gasteiger partial charge in [-0.25, -0.2) is 4.79 Å². The largest absolute Gasteiger partial charge is 0.462 e. The van der Waals surface area contributed by atoms with E-state index in [0.29, 0.717) is 9.99 Å². The van der Waals surface area contributed by atoms with E-state index in [9.17, 15) is 22.8 Å². The first-order chi connectivity index (χ1) is 12.7. The van der Waals surface area contributed by atoms with E-state index in [0.717, 1.165) is 12.1 Å². The van der Waals surface area contributed by atoms with Crippen LogP contribution in [0.25, 0.3) is 22.2 Å². The Morgan fingerprint density at radius 2 is 2.04 bits per heavy atom. The third-order valence-corrected chi connectivity index (χ3v) is 4.43. The molecule has 2 heterocycles. The molecule has 3 rings (SSSR count). The van der Waals surface area contributed by atoms with Gasteiger partial charge in [-0.2, -0.15) is 13.2 Å². The van der Waals surface area contributed by atoms with Crippen LogP contribution in [0.5, 0.6) is 0 Å². The molecule has 140 valence electrons. The minimum absolute atomic E-state index is 0.00900. The summed E-state index contributed by atoms with van der Waals surface area (Å²) in [6, 6.07) is 4.36. The van der Waals surface area contributed by atoms with E-state index in [2.05, 4.69) is 25.9 Å². The molecular weight excluding hydrogens is 429 g/mol. The third-order valence-electron chi connectivity index (χ3n) is 3.83. The second kappa shape index (κ2) is 7.15. The normalized spacial score (nSPS) is 11.6. The second-order valence-corrected chi connectivity index (χ2v) is 6.40. The van der Waals surface area contributed by atoms with Gasteiger partial charge in [-0.3, -0.25) is 9.78 Å². The van der Waals surface area contributed by atoms with E-state index in [-0.39, 0.29) is 28.8 Å². The average Bonchev–Trinajstić information content (AvgIpc) is 2.62. The minimum Gasteiger partial charge on any atom is -0.462 e. The van der Waals surface area contributed by atoms with Crippen LogP contribution in [-0.2, 0) is 10.9 Å². The summed E-state index contributed by atoms with van der Waals surface area (Å²) in [5, 5.41) is 0.114. The standard InChI is InChI=1S/C18H12BrF3N2O3/c1-2-27-17(26)13-14(9-4-3-5-10(6-9)18(20,21)22)24-15-11(16(13)25)7-23-8-12(15)19/h3-8H,2H2,1H3,(H,24,25). The monoisotopic (exact) mass is 440 g/mol. The van der Waals surface area contributed by atoms with E-state index >= 15 is 0 Å². The van der Waals surface area contributed by atoms with Crippen LogP contribution < -0.4 is 5.43 Å². The van der Waals surface area contributed by atoms with E-state index in [1.807, 2.05) is 0 Å². The topological polar surface area (TPSA) is 72.1 Å². The van der Waals surface area contributed by atoms with Gasteiger partial charge in [0.05, 0.1) is 33.2 Å². The van der Waals surface area contributed by atoms with Crippen LogP contribution in [-0.4, -0.2) is 22.5 Å². The summed E-state index contributed by atoms with van der Waals surface area (Å²) in [7, 11) is 0. The summed E-state index contributed by atoms with van der Waals surface area (Å²) in [5.74, 6) is -0.923. The molecule has 0 spiro atoms. The van der Waals surface area contributed by atoms with Crippen LogP contribution in [0.3, 0.4) is 0 Å². The minimum atomic E-state index is -4.57. The number of aromatic amines is 1. The molecule has 0 aliphatic heterocycles. The smallest absolute Gasteiger partial charge is 0.416 e. The Morgan fingerprint density at radius 1 is 1.30 bits per heavy atom. The fourth-order valence-electron chi connectivity index (χ4n) is 2.64. The molecule has 0 aliphatic carbocycles. The zero-order valence-electron chi connectivity index (χ0n) is 13.9. The molecule has 0 saturated heterocycles. The number of H-pyrrole nitrogens is 1. The number of nitrogens with one attached hydrogen (secondary N) is 1. The Morgan fingerprint density at radius 3 is 2.70 bits per heavy atom. The van der Waals surface area contributed by atoms with Gasteiger partial charge in [0.15, 0.2) is 0 Å². The third kappa shape index (κ3) is 3.59. The van der Waals surface area contributed by atoms with Crippen molar-refractivity contribution in [2.45, 2.75) is 13.1 Å². The summed E-state index contributed by atoms with van der Waals surface area (Å²) in [5.41, 5.74) is -1.65. The number of aromatic nitrogens is 2. The zero-order chi connectivity index (χ0) is 19.8. The molecule has 0 saturated carbocycles. The maximum Gasteiger partial charge on any atom is 0.416 e. The highest BCUT2D eigenvalue weighted by atomic mass is 79.9. The molecule has 0 unspecified atom stereocenters. The fourth-order valence-corrected chi connectivity index (χ4v) is 3.07. The molecule has 5 nitrogen and oxygen atoms in total. The van der Waals surface area contributed by atoms with E-state index < -0.39 is 23.1 Å². The lowest BCUT2D eigenvalue weighted by Crippen LogP contribution is -2.21. The summed E-state index contributed by atoms with van der Waals surface area (Å²) >= 11 is 3.25. The maximum atomic E-state index is 13.1. The van der Waals surface area contributed by atoms with Crippen LogP contribution >= 0.6 is 15.9 Å². The Labute approximate surface area is 159 Å². The molecule has 0 fully saturated rings. The molecule has 0 aliphatic rings. The van der Waals surface area contributed by atoms with Gasteiger partial charge in [0.25, 0.3) is 0 Å². The Balaban J connectivity index is 2.37. The lowest BCUT2D eigenvalue weighted by molar-refractivity contribution is -0.137. The highest BCUT2D eigenvalue weighted by molar-refractivity contribution is 9.10. The number of alkyl halides is 3. The van der Waals surface area contributed by atoms with Crippen molar-refractivity contribution in [2.24, 2.45) is 0 Å². The fraction of sp³-hybridized carbons (Fsp3) is 0.167. The molecule has 0 atom stereocenters. The molecule has 3 aromatic rings. The van der Waals surface area contributed by atoms with Crippen LogP contribution in [0.4, 0.5) is 13.2 Å². The van der Waals surface area contributed by atoms with Crippen molar-refractivity contribution in [3.63, 3.8) is 0 Å². The van der Waals surface area contributed by atoms with E-state index in [4.69, 9.17) is 4.74 Å². The highest BCUT2D eigenvalue weighted by Crippen LogP contribution is 2.33. The number of carbonyl (C=O) groups excluding carboxylic acids is 1. The van der Waals surface area contributed by atoms with Crippen LogP contribution in [0.15, 0.2) is 45.9 Å². The number of benzene rings is 1. The van der Waals surface area contributed by atoms with E-state index in [1.165, 1.54) is 24.5 Å². The van der Waals surface area contributed by atoms with Crippen molar-refractivity contribution in [2.75, 3.05) is 6.61 Å². The maximum absolute atomic E-state index is 13.1. The molecule has 0 bridgehead atoms. The summed E-state index contributed by atoms with van der Waals surface area (Å²) in [6.07, 6.45) is -1.86. The highest BCUT2D eigenvalue weighted by Gasteiger charge is 2.31. The number of carbonyl (C=O) groups is 1. The molecule has 1 aromatic carbocycles. The molecule has 9 heteroatoms. The molecule has 27 heavy (non-hydrogen) atoms. The van der Waals surface area contributed by atoms with Crippen molar-refractivity contribution >= 4 is 32.8 Å². The molecule has 0 amide bonds. The Kier molecular flexibility index (Phi) is 5.05. The van der Waals surface area contributed by atoms with E-state index in [1.54, 1.807) is 6.92 Å². The van der Waals surface area contributed by atoms with Crippen molar-refractivity contribution in [3.05, 3.63) is 62.5 Å². The van der Waals surface area contributed by atoms with Gasteiger partial charge in [-0.05, 0) is 40.5 Å². The first-order valence-electron chi connectivity index (χ1n) is 7.78. The number of hydrogen-bond acceptors (Lipinski definition) is 4. The molecular formula is C18H12BrF3N2O3. The van der Waals surface area contributed by atoms with Gasteiger partial charge >= 0.3 is 12.1 Å². The SMILES string of the molecule is CCOC(=O)c1c(-c2cccc(C(F)(F)F)c2)[nH]c2c(Br)cncc2c1=O. The lowest BCUT2D eigenvalue weighted by Gasteiger charge is -2.13. The van der Waals surface area contributed by atoms with Gasteiger partial charge in [0.2, 0.25) is 5.43 Å². The predicted octanol–water partition coefficient (Wildman–Crippen LogP) is 4.55. The van der Waals surface area contributed by atoms with Gasteiger partial charge in [0, 0.05) is 12.4 Å². The quantitative estimate of drug-likeness (QED) is 0.606. The number of hydrogen-bond donors (Lipinski definition) is 1. The number of fused-ring (bicyclic) bond motifs is 1. The zero-order valence-corrected chi connectivity index (χ0v) is 15.4. The molecule has 0 radical (unpaired) electrons. The Hall–Kier alpha value is -2.68. The average molecular weight is 441 g/mol. The van der Waals surface area contributed by atoms with Crippen molar-refractivity contribution < 1.29 is 22.7 Å². The van der Waals surface area contributed by atoms with Gasteiger partial charge < -0.3 is 9.72 Å². The van der Waals surface area contributed by atoms with Crippen LogP contribution in [0, 0.1) is 0 Å². The van der Waals surface area contributed by atoms with Crippen molar-refractivity contribution in [1.29, 1.82) is 0 Å².